The molecule has 0 fully saturated rings. The molecule has 0 aliphatic rings. The molecular formula is C10H10Cl2FNO2S. The Morgan fingerprint density at radius 2 is 2.06 bits per heavy atom. The smallest absolute Gasteiger partial charge is 0.211 e. The highest BCUT2D eigenvalue weighted by atomic mass is 35.5. The van der Waals surface area contributed by atoms with Gasteiger partial charge in [0.2, 0.25) is 10.0 Å². The van der Waals surface area contributed by atoms with E-state index >= 15 is 0 Å². The second kappa shape index (κ2) is 5.82. The molecule has 1 aromatic rings. The lowest BCUT2D eigenvalue weighted by atomic mass is 10.3. The molecule has 1 N–H and O–H groups in total. The Hall–Kier alpha value is -0.620. The number of benzene rings is 1. The van der Waals surface area contributed by atoms with Crippen molar-refractivity contribution in [1.82, 2.24) is 4.72 Å². The van der Waals surface area contributed by atoms with E-state index in [0.717, 1.165) is 12.1 Å². The normalized spacial score (nSPS) is 11.5. The SMILES string of the molecule is C=CCCNS(=O)(=O)c1ccc(Cl)c(F)c1Cl. The van der Waals surface area contributed by atoms with Crippen LogP contribution in [0.2, 0.25) is 10.0 Å². The number of hydrogen-bond acceptors (Lipinski definition) is 2. The summed E-state index contributed by atoms with van der Waals surface area (Å²) >= 11 is 11.1. The van der Waals surface area contributed by atoms with E-state index in [4.69, 9.17) is 23.2 Å². The van der Waals surface area contributed by atoms with Gasteiger partial charge in [-0.3, -0.25) is 0 Å². The second-order valence-electron chi connectivity index (χ2n) is 3.15. The van der Waals surface area contributed by atoms with E-state index in [0.29, 0.717) is 6.42 Å². The zero-order valence-corrected chi connectivity index (χ0v) is 11.0. The number of rotatable bonds is 5. The summed E-state index contributed by atoms with van der Waals surface area (Å²) in [6, 6.07) is 2.30. The third-order valence-electron chi connectivity index (χ3n) is 1.93. The Kier molecular flexibility index (Phi) is 4.94. The van der Waals surface area contributed by atoms with E-state index < -0.39 is 20.9 Å². The first-order valence-electron chi connectivity index (χ1n) is 4.64. The fraction of sp³-hybridized carbons (Fsp3) is 0.200. The summed E-state index contributed by atoms with van der Waals surface area (Å²) < 4.78 is 39.1. The molecule has 0 bridgehead atoms. The van der Waals surface area contributed by atoms with Gasteiger partial charge < -0.3 is 0 Å². The number of halogens is 3. The first-order valence-corrected chi connectivity index (χ1v) is 6.88. The van der Waals surface area contributed by atoms with Crippen LogP contribution in [0.25, 0.3) is 0 Å². The maximum atomic E-state index is 13.3. The number of hydrogen-bond donors (Lipinski definition) is 1. The molecule has 0 spiro atoms. The Bertz CT molecular complexity index is 531. The molecular weight excluding hydrogens is 288 g/mol. The first kappa shape index (κ1) is 14.4. The lowest BCUT2D eigenvalue weighted by molar-refractivity contribution is 0.578. The van der Waals surface area contributed by atoms with Gasteiger partial charge in [0.1, 0.15) is 4.90 Å². The first-order chi connectivity index (χ1) is 7.90. The molecule has 0 saturated heterocycles. The average molecular weight is 298 g/mol. The van der Waals surface area contributed by atoms with Crippen molar-refractivity contribution in [2.24, 2.45) is 0 Å². The summed E-state index contributed by atoms with van der Waals surface area (Å²) in [5.41, 5.74) is 0. The predicted octanol–water partition coefficient (Wildman–Crippen LogP) is 2.99. The van der Waals surface area contributed by atoms with Gasteiger partial charge >= 0.3 is 0 Å². The van der Waals surface area contributed by atoms with Crippen LogP contribution in [0.1, 0.15) is 6.42 Å². The maximum Gasteiger partial charge on any atom is 0.242 e. The van der Waals surface area contributed by atoms with Gasteiger partial charge in [-0.2, -0.15) is 0 Å². The van der Waals surface area contributed by atoms with Gasteiger partial charge in [0.15, 0.2) is 5.82 Å². The van der Waals surface area contributed by atoms with Crippen molar-refractivity contribution in [2.75, 3.05) is 6.54 Å². The van der Waals surface area contributed by atoms with E-state index in [1.165, 1.54) is 0 Å². The lowest BCUT2D eigenvalue weighted by Crippen LogP contribution is -2.25. The predicted molar refractivity (Wildman–Crippen MR) is 66.4 cm³/mol. The van der Waals surface area contributed by atoms with Crippen molar-refractivity contribution in [3.05, 3.63) is 40.7 Å². The van der Waals surface area contributed by atoms with Gasteiger partial charge in [0.25, 0.3) is 0 Å². The molecule has 0 saturated carbocycles. The van der Waals surface area contributed by atoms with Crippen molar-refractivity contribution in [1.29, 1.82) is 0 Å². The summed E-state index contributed by atoms with van der Waals surface area (Å²) in [6.07, 6.45) is 2.03. The van der Waals surface area contributed by atoms with Gasteiger partial charge in [0.05, 0.1) is 10.0 Å². The van der Waals surface area contributed by atoms with Crippen LogP contribution in [0.15, 0.2) is 29.7 Å². The van der Waals surface area contributed by atoms with Crippen LogP contribution >= 0.6 is 23.2 Å². The second-order valence-corrected chi connectivity index (χ2v) is 5.67. The topological polar surface area (TPSA) is 46.2 Å². The number of nitrogens with one attached hydrogen (secondary N) is 1. The highest BCUT2D eigenvalue weighted by molar-refractivity contribution is 7.89. The molecule has 0 aliphatic heterocycles. The van der Waals surface area contributed by atoms with E-state index in [1.54, 1.807) is 6.08 Å². The Morgan fingerprint density at radius 3 is 2.65 bits per heavy atom. The van der Waals surface area contributed by atoms with Crippen LogP contribution in [-0.4, -0.2) is 15.0 Å². The van der Waals surface area contributed by atoms with Gasteiger partial charge in [-0.25, -0.2) is 17.5 Å². The van der Waals surface area contributed by atoms with Gasteiger partial charge in [-0.1, -0.05) is 29.3 Å². The van der Waals surface area contributed by atoms with Crippen molar-refractivity contribution < 1.29 is 12.8 Å². The van der Waals surface area contributed by atoms with Crippen molar-refractivity contribution in [2.45, 2.75) is 11.3 Å². The molecule has 94 valence electrons. The molecule has 3 nitrogen and oxygen atoms in total. The van der Waals surface area contributed by atoms with Crippen LogP contribution in [-0.2, 0) is 10.0 Å². The highest BCUT2D eigenvalue weighted by Gasteiger charge is 2.21. The summed E-state index contributed by atoms with van der Waals surface area (Å²) in [7, 11) is -3.83. The molecule has 0 aromatic heterocycles. The fourth-order valence-electron chi connectivity index (χ4n) is 1.09. The standard InChI is InChI=1S/C10H10Cl2FNO2S/c1-2-3-6-14-17(15,16)8-5-4-7(11)10(13)9(8)12/h2,4-5,14H,1,3,6H2. The molecule has 17 heavy (non-hydrogen) atoms. The Balaban J connectivity index is 3.07. The van der Waals surface area contributed by atoms with Crippen LogP contribution in [0, 0.1) is 5.82 Å². The molecule has 7 heteroatoms. The van der Waals surface area contributed by atoms with Crippen LogP contribution in [0.5, 0.6) is 0 Å². The molecule has 0 heterocycles. The Morgan fingerprint density at radius 1 is 1.41 bits per heavy atom. The molecule has 0 atom stereocenters. The molecule has 0 radical (unpaired) electrons. The quantitative estimate of drug-likeness (QED) is 0.516. The molecule has 0 aliphatic carbocycles. The van der Waals surface area contributed by atoms with Gasteiger partial charge in [-0.05, 0) is 18.6 Å². The summed E-state index contributed by atoms with van der Waals surface area (Å²) in [5, 5.41) is -0.733. The molecule has 0 amide bonds. The van der Waals surface area contributed by atoms with Gasteiger partial charge in [-0.15, -0.1) is 6.58 Å². The minimum atomic E-state index is -3.83. The molecule has 1 rings (SSSR count). The largest absolute Gasteiger partial charge is 0.242 e. The van der Waals surface area contributed by atoms with Crippen LogP contribution < -0.4 is 4.72 Å². The summed E-state index contributed by atoms with van der Waals surface area (Å²) in [4.78, 5) is -0.329. The van der Waals surface area contributed by atoms with Crippen LogP contribution in [0.4, 0.5) is 4.39 Å². The van der Waals surface area contributed by atoms with E-state index in [-0.39, 0.29) is 16.5 Å². The number of sulfonamides is 1. The third-order valence-corrected chi connectivity index (χ3v) is 4.21. The minimum Gasteiger partial charge on any atom is -0.211 e. The monoisotopic (exact) mass is 297 g/mol. The van der Waals surface area contributed by atoms with E-state index in [1.807, 2.05) is 0 Å². The van der Waals surface area contributed by atoms with Crippen molar-refractivity contribution in [3.63, 3.8) is 0 Å². The average Bonchev–Trinajstić information content (AvgIpc) is 2.26. The third kappa shape index (κ3) is 3.42. The van der Waals surface area contributed by atoms with Crippen LogP contribution in [0.3, 0.4) is 0 Å². The highest BCUT2D eigenvalue weighted by Crippen LogP contribution is 2.29. The van der Waals surface area contributed by atoms with Crippen molar-refractivity contribution in [3.8, 4) is 0 Å². The molecule has 0 unspecified atom stereocenters. The zero-order chi connectivity index (χ0) is 13.1. The van der Waals surface area contributed by atoms with E-state index in [2.05, 4.69) is 11.3 Å². The summed E-state index contributed by atoms with van der Waals surface area (Å²) in [5.74, 6) is -0.945. The fourth-order valence-corrected chi connectivity index (χ4v) is 2.88. The summed E-state index contributed by atoms with van der Waals surface area (Å²) in [6.45, 7) is 3.63. The van der Waals surface area contributed by atoms with Crippen molar-refractivity contribution >= 4 is 33.2 Å². The zero-order valence-electron chi connectivity index (χ0n) is 8.71. The van der Waals surface area contributed by atoms with E-state index in [9.17, 15) is 12.8 Å². The maximum absolute atomic E-state index is 13.3. The Labute approximate surface area is 109 Å². The lowest BCUT2D eigenvalue weighted by Gasteiger charge is -2.08. The van der Waals surface area contributed by atoms with Gasteiger partial charge in [0, 0.05) is 6.54 Å². The molecule has 1 aromatic carbocycles. The minimum absolute atomic E-state index is 0.173.